The van der Waals surface area contributed by atoms with Gasteiger partial charge in [0.25, 0.3) is 5.91 Å². The second kappa shape index (κ2) is 9.13. The molecule has 1 heterocycles. The Labute approximate surface area is 180 Å². The lowest BCUT2D eigenvalue weighted by atomic mass is 10.1. The van der Waals surface area contributed by atoms with Crippen LogP contribution < -0.4 is 5.43 Å². The summed E-state index contributed by atoms with van der Waals surface area (Å²) in [6.45, 7) is 3.73. The molecule has 2 aromatic carbocycles. The molecule has 160 valence electrons. The van der Waals surface area contributed by atoms with E-state index in [9.17, 15) is 18.3 Å². The third-order valence-electron chi connectivity index (χ3n) is 4.87. The number of carbonyl (C=O) groups is 1. The van der Waals surface area contributed by atoms with Crippen LogP contribution >= 0.6 is 11.6 Å². The lowest BCUT2D eigenvalue weighted by Gasteiger charge is -2.31. The Morgan fingerprint density at radius 1 is 1.13 bits per heavy atom. The number of aromatic hydroxyl groups is 1. The maximum atomic E-state index is 12.9. The molecule has 0 saturated carbocycles. The number of hydrazone groups is 1. The number of phenols is 1. The van der Waals surface area contributed by atoms with Crippen molar-refractivity contribution in [1.82, 2.24) is 14.6 Å². The molecule has 0 atom stereocenters. The number of rotatable bonds is 5. The van der Waals surface area contributed by atoms with Gasteiger partial charge in [-0.25, -0.2) is 13.8 Å². The maximum absolute atomic E-state index is 12.9. The fraction of sp³-hybridized carbons (Fsp3) is 0.300. The highest BCUT2D eigenvalue weighted by Crippen LogP contribution is 2.22. The number of likely N-dealkylation sites (N-methyl/N-ethyl adjacent to an activating group) is 1. The molecule has 3 rings (SSSR count). The first-order valence-electron chi connectivity index (χ1n) is 9.31. The molecule has 0 aromatic heterocycles. The minimum Gasteiger partial charge on any atom is -0.507 e. The maximum Gasteiger partial charge on any atom is 0.271 e. The Bertz CT molecular complexity index is 1080. The zero-order valence-corrected chi connectivity index (χ0v) is 18.2. The second-order valence-corrected chi connectivity index (χ2v) is 9.41. The normalized spacial score (nSPS) is 16.4. The van der Waals surface area contributed by atoms with E-state index in [1.807, 2.05) is 7.05 Å². The molecule has 2 N–H and O–H groups in total. The van der Waals surface area contributed by atoms with Crippen molar-refractivity contribution in [3.8, 4) is 5.75 Å². The number of phenolic OH excluding ortho intramolecular Hbond substituents is 1. The first kappa shape index (κ1) is 22.2. The van der Waals surface area contributed by atoms with Crippen molar-refractivity contribution in [3.05, 3.63) is 58.6 Å². The van der Waals surface area contributed by atoms with Crippen LogP contribution in [0.15, 0.2) is 52.5 Å². The second-order valence-electron chi connectivity index (χ2n) is 7.03. The molecule has 0 aliphatic carbocycles. The Kier molecular flexibility index (Phi) is 6.77. The number of piperazine rings is 1. The SMILES string of the molecule is C/C(=N\NC(=O)c1cccc(S(=O)(=O)N2CCN(C)CC2)c1)c1cc(Cl)ccc1O. The largest absolute Gasteiger partial charge is 0.507 e. The van der Waals surface area contributed by atoms with Gasteiger partial charge in [-0.15, -0.1) is 0 Å². The average molecular weight is 451 g/mol. The minimum absolute atomic E-state index is 0.0184. The number of amides is 1. The average Bonchev–Trinajstić information content (AvgIpc) is 2.74. The number of nitrogens with zero attached hydrogens (tertiary/aromatic N) is 3. The fourth-order valence-electron chi connectivity index (χ4n) is 3.03. The molecule has 0 radical (unpaired) electrons. The highest BCUT2D eigenvalue weighted by atomic mass is 35.5. The molecular weight excluding hydrogens is 428 g/mol. The van der Waals surface area contributed by atoms with Crippen LogP contribution in [0.1, 0.15) is 22.8 Å². The fourth-order valence-corrected chi connectivity index (χ4v) is 4.67. The van der Waals surface area contributed by atoms with Gasteiger partial charge in [0.05, 0.1) is 10.6 Å². The Balaban J connectivity index is 1.77. The molecule has 1 amide bonds. The molecule has 30 heavy (non-hydrogen) atoms. The number of hydrogen-bond donors (Lipinski definition) is 2. The van der Waals surface area contributed by atoms with Crippen LogP contribution in [0.4, 0.5) is 0 Å². The summed E-state index contributed by atoms with van der Waals surface area (Å²) in [6, 6.07) is 10.4. The van der Waals surface area contributed by atoms with E-state index < -0.39 is 15.9 Å². The summed E-state index contributed by atoms with van der Waals surface area (Å²) < 4.78 is 27.2. The van der Waals surface area contributed by atoms with Crippen molar-refractivity contribution >= 4 is 33.2 Å². The van der Waals surface area contributed by atoms with Gasteiger partial charge in [-0.1, -0.05) is 17.7 Å². The van der Waals surface area contributed by atoms with E-state index in [0.717, 1.165) is 0 Å². The van der Waals surface area contributed by atoms with E-state index in [0.29, 0.717) is 42.5 Å². The summed E-state index contributed by atoms with van der Waals surface area (Å²) in [5.41, 5.74) is 3.29. The highest BCUT2D eigenvalue weighted by Gasteiger charge is 2.27. The number of carbonyl (C=O) groups excluding carboxylic acids is 1. The molecule has 8 nitrogen and oxygen atoms in total. The van der Waals surface area contributed by atoms with Crippen LogP contribution in [0.25, 0.3) is 0 Å². The van der Waals surface area contributed by atoms with Crippen LogP contribution in [-0.4, -0.2) is 67.6 Å². The van der Waals surface area contributed by atoms with Gasteiger partial charge in [0.15, 0.2) is 0 Å². The molecule has 0 unspecified atom stereocenters. The van der Waals surface area contributed by atoms with Gasteiger partial charge < -0.3 is 10.0 Å². The van der Waals surface area contributed by atoms with Crippen LogP contribution in [0, 0.1) is 0 Å². The number of halogens is 1. The Morgan fingerprint density at radius 2 is 1.83 bits per heavy atom. The van der Waals surface area contributed by atoms with E-state index in [2.05, 4.69) is 15.4 Å². The van der Waals surface area contributed by atoms with Gasteiger partial charge in [0.1, 0.15) is 5.75 Å². The van der Waals surface area contributed by atoms with E-state index in [-0.39, 0.29) is 16.2 Å². The molecule has 2 aromatic rings. The van der Waals surface area contributed by atoms with E-state index in [1.165, 1.54) is 40.7 Å². The standard InChI is InChI=1S/C20H23ClN4O4S/c1-14(18-13-16(21)6-7-19(18)26)22-23-20(27)15-4-3-5-17(12-15)30(28,29)25-10-8-24(2)9-11-25/h3-7,12-13,26H,8-11H2,1-2H3,(H,23,27)/b22-14+. The molecule has 1 saturated heterocycles. The van der Waals surface area contributed by atoms with Crippen molar-refractivity contribution in [2.24, 2.45) is 5.10 Å². The van der Waals surface area contributed by atoms with Gasteiger partial charge in [-0.3, -0.25) is 4.79 Å². The van der Waals surface area contributed by atoms with Crippen molar-refractivity contribution in [2.45, 2.75) is 11.8 Å². The monoisotopic (exact) mass is 450 g/mol. The lowest BCUT2D eigenvalue weighted by molar-refractivity contribution is 0.0954. The summed E-state index contributed by atoms with van der Waals surface area (Å²) in [4.78, 5) is 14.6. The van der Waals surface area contributed by atoms with Crippen LogP contribution in [0.2, 0.25) is 5.02 Å². The predicted octanol–water partition coefficient (Wildman–Crippen LogP) is 2.14. The summed E-state index contributed by atoms with van der Waals surface area (Å²) in [6.07, 6.45) is 0. The van der Waals surface area contributed by atoms with Gasteiger partial charge in [-0.05, 0) is 50.4 Å². The number of nitrogens with one attached hydrogen (secondary N) is 1. The van der Waals surface area contributed by atoms with E-state index in [1.54, 1.807) is 13.0 Å². The van der Waals surface area contributed by atoms with Crippen molar-refractivity contribution in [1.29, 1.82) is 0 Å². The zero-order chi connectivity index (χ0) is 21.9. The predicted molar refractivity (Wildman–Crippen MR) is 115 cm³/mol. The lowest BCUT2D eigenvalue weighted by Crippen LogP contribution is -2.47. The van der Waals surface area contributed by atoms with E-state index >= 15 is 0 Å². The van der Waals surface area contributed by atoms with Crippen LogP contribution in [-0.2, 0) is 10.0 Å². The first-order valence-corrected chi connectivity index (χ1v) is 11.1. The molecule has 0 bridgehead atoms. The Morgan fingerprint density at radius 3 is 2.53 bits per heavy atom. The van der Waals surface area contributed by atoms with E-state index in [4.69, 9.17) is 11.6 Å². The van der Waals surface area contributed by atoms with Crippen LogP contribution in [0.3, 0.4) is 0 Å². The summed E-state index contributed by atoms with van der Waals surface area (Å²) in [5, 5.41) is 14.3. The molecule has 1 aliphatic rings. The van der Waals surface area contributed by atoms with Gasteiger partial charge >= 0.3 is 0 Å². The highest BCUT2D eigenvalue weighted by molar-refractivity contribution is 7.89. The van der Waals surface area contributed by atoms with Gasteiger partial charge in [-0.2, -0.15) is 9.41 Å². The number of sulfonamides is 1. The zero-order valence-electron chi connectivity index (χ0n) is 16.7. The smallest absolute Gasteiger partial charge is 0.271 e. The molecule has 1 aliphatic heterocycles. The first-order chi connectivity index (χ1) is 14.2. The summed E-state index contributed by atoms with van der Waals surface area (Å²) >= 11 is 5.93. The van der Waals surface area contributed by atoms with Gasteiger partial charge in [0, 0.05) is 42.3 Å². The molecular formula is C20H23ClN4O4S. The minimum atomic E-state index is -3.68. The topological polar surface area (TPSA) is 102 Å². The Hall–Kier alpha value is -2.46. The third-order valence-corrected chi connectivity index (χ3v) is 7.00. The quantitative estimate of drug-likeness (QED) is 0.536. The molecule has 1 fully saturated rings. The number of benzene rings is 2. The summed E-state index contributed by atoms with van der Waals surface area (Å²) in [7, 11) is -1.74. The van der Waals surface area contributed by atoms with Crippen LogP contribution in [0.5, 0.6) is 5.75 Å². The summed E-state index contributed by atoms with van der Waals surface area (Å²) in [5.74, 6) is -0.582. The van der Waals surface area contributed by atoms with Gasteiger partial charge in [0.2, 0.25) is 10.0 Å². The van der Waals surface area contributed by atoms with Crippen molar-refractivity contribution in [3.63, 3.8) is 0 Å². The number of hydrogen-bond acceptors (Lipinski definition) is 6. The van der Waals surface area contributed by atoms with Crippen molar-refractivity contribution < 1.29 is 18.3 Å². The van der Waals surface area contributed by atoms with Crippen molar-refractivity contribution in [2.75, 3.05) is 33.2 Å². The molecule has 0 spiro atoms. The molecule has 10 heteroatoms. The third kappa shape index (κ3) is 4.99.